The molecule has 1 rings (SSSR count). The van der Waals surface area contributed by atoms with Gasteiger partial charge in [0.25, 0.3) is 10.0 Å². The van der Waals surface area contributed by atoms with Crippen molar-refractivity contribution in [3.63, 3.8) is 0 Å². The zero-order valence-electron chi connectivity index (χ0n) is 15.1. The van der Waals surface area contributed by atoms with Crippen LogP contribution >= 0.6 is 0 Å². The van der Waals surface area contributed by atoms with E-state index < -0.39 is 10.0 Å². The smallest absolute Gasteiger partial charge is 0.282 e. The highest BCUT2D eigenvalue weighted by molar-refractivity contribution is 7.90. The Morgan fingerprint density at radius 2 is 1.67 bits per heavy atom. The summed E-state index contributed by atoms with van der Waals surface area (Å²) in [5, 5.41) is 0. The van der Waals surface area contributed by atoms with E-state index >= 15 is 0 Å². The fourth-order valence-corrected chi connectivity index (χ4v) is 3.38. The van der Waals surface area contributed by atoms with E-state index in [2.05, 4.69) is 4.40 Å². The third kappa shape index (κ3) is 7.55. The van der Waals surface area contributed by atoms with E-state index in [0.29, 0.717) is 25.3 Å². The molecule has 0 aliphatic rings. The van der Waals surface area contributed by atoms with Gasteiger partial charge in [-0.15, -0.1) is 0 Å². The fourth-order valence-electron chi connectivity index (χ4n) is 2.29. The first-order valence-electron chi connectivity index (χ1n) is 8.49. The van der Waals surface area contributed by atoms with Gasteiger partial charge in [-0.2, -0.15) is 12.8 Å². The third-order valence-electron chi connectivity index (χ3n) is 3.53. The number of sulfonamides is 1. The Labute approximate surface area is 146 Å². The van der Waals surface area contributed by atoms with Crippen LogP contribution in [0.4, 0.5) is 0 Å². The van der Waals surface area contributed by atoms with Crippen LogP contribution in [-0.4, -0.2) is 33.6 Å². The Hall–Kier alpha value is -1.24. The largest absolute Gasteiger partial charge is 0.353 e. The number of ether oxygens (including phenoxy) is 2. The van der Waals surface area contributed by atoms with Gasteiger partial charge in [-0.05, 0) is 65.5 Å². The van der Waals surface area contributed by atoms with Gasteiger partial charge in [-0.25, -0.2) is 0 Å². The number of aryl methyl sites for hydroxylation is 1. The molecule has 0 spiro atoms. The lowest BCUT2D eigenvalue weighted by molar-refractivity contribution is -0.140. The molecular formula is C18H29NO4S. The van der Waals surface area contributed by atoms with Crippen molar-refractivity contribution in [2.24, 2.45) is 4.40 Å². The molecule has 0 aliphatic heterocycles. The molecule has 6 heteroatoms. The van der Waals surface area contributed by atoms with E-state index in [1.165, 1.54) is 0 Å². The summed E-state index contributed by atoms with van der Waals surface area (Å²) in [4.78, 5) is 0.236. The summed E-state index contributed by atoms with van der Waals surface area (Å²) in [7, 11) is -3.61. The van der Waals surface area contributed by atoms with Crippen molar-refractivity contribution in [3.05, 3.63) is 29.8 Å². The predicted molar refractivity (Wildman–Crippen MR) is 97.0 cm³/mol. The maximum atomic E-state index is 12.2. The lowest BCUT2D eigenvalue weighted by Gasteiger charge is -2.16. The van der Waals surface area contributed by atoms with E-state index in [1.807, 2.05) is 20.8 Å². The molecule has 0 fully saturated rings. The van der Waals surface area contributed by atoms with Gasteiger partial charge in [0.2, 0.25) is 0 Å². The average Bonchev–Trinajstić information content (AvgIpc) is 2.52. The van der Waals surface area contributed by atoms with Crippen molar-refractivity contribution in [1.29, 1.82) is 0 Å². The predicted octanol–water partition coefficient (Wildman–Crippen LogP) is 4.10. The summed E-state index contributed by atoms with van der Waals surface area (Å²) in [6, 6.07) is 6.74. The molecule has 0 saturated heterocycles. The molecule has 24 heavy (non-hydrogen) atoms. The number of hydrogen-bond acceptors (Lipinski definition) is 4. The maximum Gasteiger partial charge on any atom is 0.282 e. The normalized spacial score (nSPS) is 12.8. The summed E-state index contributed by atoms with van der Waals surface area (Å²) in [5.74, 6) is 0. The molecule has 0 unspecified atom stereocenters. The molecule has 0 aliphatic carbocycles. The molecule has 0 heterocycles. The molecule has 0 aromatic heterocycles. The number of nitrogens with zero attached hydrogens (tertiary/aromatic N) is 1. The molecule has 136 valence electrons. The van der Waals surface area contributed by atoms with E-state index in [4.69, 9.17) is 9.47 Å². The Bertz CT molecular complexity index is 602. The molecular weight excluding hydrogens is 326 g/mol. The Morgan fingerprint density at radius 1 is 1.08 bits per heavy atom. The Balaban J connectivity index is 2.50. The van der Waals surface area contributed by atoms with Crippen molar-refractivity contribution in [3.8, 4) is 0 Å². The van der Waals surface area contributed by atoms with Gasteiger partial charge in [0.15, 0.2) is 6.29 Å². The first-order chi connectivity index (χ1) is 11.4. The first-order valence-corrected chi connectivity index (χ1v) is 9.93. The number of benzene rings is 1. The summed E-state index contributed by atoms with van der Waals surface area (Å²) in [6.45, 7) is 8.81. The van der Waals surface area contributed by atoms with Crippen LogP contribution in [0.5, 0.6) is 0 Å². The maximum absolute atomic E-state index is 12.2. The minimum Gasteiger partial charge on any atom is -0.353 e. The van der Waals surface area contributed by atoms with Crippen molar-refractivity contribution in [1.82, 2.24) is 0 Å². The van der Waals surface area contributed by atoms with Crippen molar-refractivity contribution >= 4 is 15.7 Å². The number of rotatable bonds is 11. The van der Waals surface area contributed by atoms with Gasteiger partial charge in [-0.1, -0.05) is 17.7 Å². The molecule has 1 aromatic carbocycles. The molecule has 5 nitrogen and oxygen atoms in total. The summed E-state index contributed by atoms with van der Waals surface area (Å²) >= 11 is 0. The second-order valence-corrected chi connectivity index (χ2v) is 7.30. The van der Waals surface area contributed by atoms with Crippen LogP contribution in [0.15, 0.2) is 33.6 Å². The second kappa shape index (κ2) is 10.6. The second-order valence-electron chi connectivity index (χ2n) is 5.70. The van der Waals surface area contributed by atoms with Gasteiger partial charge in [-0.3, -0.25) is 0 Å². The Kier molecular flexibility index (Phi) is 9.18. The lowest BCUT2D eigenvalue weighted by Crippen LogP contribution is -2.17. The van der Waals surface area contributed by atoms with Crippen LogP contribution in [0.1, 0.15) is 52.0 Å². The monoisotopic (exact) mass is 355 g/mol. The van der Waals surface area contributed by atoms with E-state index in [-0.39, 0.29) is 11.2 Å². The van der Waals surface area contributed by atoms with Crippen molar-refractivity contribution < 1.29 is 17.9 Å². The number of hydrogen-bond donors (Lipinski definition) is 0. The van der Waals surface area contributed by atoms with Gasteiger partial charge in [0, 0.05) is 18.9 Å². The topological polar surface area (TPSA) is 65.0 Å². The van der Waals surface area contributed by atoms with Gasteiger partial charge in [0.05, 0.1) is 4.90 Å². The molecule has 0 amide bonds. The van der Waals surface area contributed by atoms with Crippen LogP contribution in [0, 0.1) is 6.92 Å². The average molecular weight is 356 g/mol. The van der Waals surface area contributed by atoms with Gasteiger partial charge in [0.1, 0.15) is 0 Å². The quantitative estimate of drug-likeness (QED) is 0.340. The first kappa shape index (κ1) is 20.8. The summed E-state index contributed by atoms with van der Waals surface area (Å²) < 4.78 is 39.4. The van der Waals surface area contributed by atoms with E-state index in [1.54, 1.807) is 31.2 Å². The highest BCUT2D eigenvalue weighted by atomic mass is 32.2. The summed E-state index contributed by atoms with van der Waals surface area (Å²) in [5.41, 5.74) is 1.65. The van der Waals surface area contributed by atoms with E-state index in [0.717, 1.165) is 24.8 Å². The fraction of sp³-hybridized carbons (Fsp3) is 0.611. The highest BCUT2D eigenvalue weighted by Gasteiger charge is 2.13. The van der Waals surface area contributed by atoms with Crippen molar-refractivity contribution in [2.45, 2.75) is 64.6 Å². The molecule has 0 saturated carbocycles. The molecule has 1 aromatic rings. The van der Waals surface area contributed by atoms with Crippen molar-refractivity contribution in [2.75, 3.05) is 13.2 Å². The SMILES string of the molecule is CCOC(CCCC/C(C)=N/S(=O)(=O)c1ccc(C)cc1)OCC. The van der Waals surface area contributed by atoms with Crippen LogP contribution in [0.3, 0.4) is 0 Å². The zero-order valence-corrected chi connectivity index (χ0v) is 15.9. The molecule has 0 bridgehead atoms. The van der Waals surface area contributed by atoms with Crippen LogP contribution < -0.4 is 0 Å². The minimum absolute atomic E-state index is 0.173. The molecule has 0 atom stereocenters. The summed E-state index contributed by atoms with van der Waals surface area (Å²) in [6.07, 6.45) is 3.04. The molecule has 0 radical (unpaired) electrons. The van der Waals surface area contributed by atoms with Crippen LogP contribution in [0.25, 0.3) is 0 Å². The zero-order chi connectivity index (χ0) is 18.0. The number of unbranched alkanes of at least 4 members (excludes halogenated alkanes) is 1. The molecule has 0 N–H and O–H groups in total. The van der Waals surface area contributed by atoms with Gasteiger partial charge < -0.3 is 9.47 Å². The standard InChI is InChI=1S/C18H29NO4S/c1-5-22-18(23-6-2)10-8-7-9-16(4)19-24(20,21)17-13-11-15(3)12-14-17/h11-14,18H,5-10H2,1-4H3/b19-16+. The van der Waals surface area contributed by atoms with Crippen LogP contribution in [-0.2, 0) is 19.5 Å². The van der Waals surface area contributed by atoms with Crippen LogP contribution in [0.2, 0.25) is 0 Å². The Morgan fingerprint density at radius 3 is 2.21 bits per heavy atom. The van der Waals surface area contributed by atoms with E-state index in [9.17, 15) is 8.42 Å². The van der Waals surface area contributed by atoms with Gasteiger partial charge >= 0.3 is 0 Å². The third-order valence-corrected chi connectivity index (χ3v) is 4.95. The lowest BCUT2D eigenvalue weighted by atomic mass is 10.1. The minimum atomic E-state index is -3.61. The highest BCUT2D eigenvalue weighted by Crippen LogP contribution is 2.15.